The van der Waals surface area contributed by atoms with E-state index in [4.69, 9.17) is 21.1 Å². The van der Waals surface area contributed by atoms with Gasteiger partial charge in [-0.15, -0.1) is 0 Å². The number of amides is 1. The first-order valence-electron chi connectivity index (χ1n) is 6.83. The predicted octanol–water partition coefficient (Wildman–Crippen LogP) is 2.05. The van der Waals surface area contributed by atoms with E-state index in [0.717, 1.165) is 0 Å². The molecule has 4 rings (SSSR count). The largest absolute Gasteiger partial charge is 0.486 e. The average Bonchev–Trinajstić information content (AvgIpc) is 2.77. The van der Waals surface area contributed by atoms with Crippen LogP contribution in [0.4, 0.5) is 0 Å². The lowest BCUT2D eigenvalue weighted by Gasteiger charge is -2.26. The van der Waals surface area contributed by atoms with Gasteiger partial charge in [0, 0.05) is 16.1 Å². The average molecular weight is 318 g/mol. The highest BCUT2D eigenvalue weighted by Gasteiger charge is 2.45. The van der Waals surface area contributed by atoms with Crippen LogP contribution in [0.1, 0.15) is 21.5 Å². The summed E-state index contributed by atoms with van der Waals surface area (Å²) >= 11 is 6.18. The number of aliphatic hydroxyl groups is 1. The number of benzene rings is 2. The molecule has 0 radical (unpaired) electrons. The summed E-state index contributed by atoms with van der Waals surface area (Å²) < 4.78 is 11.0. The molecule has 2 aliphatic rings. The van der Waals surface area contributed by atoms with Gasteiger partial charge in [-0.1, -0.05) is 29.8 Å². The van der Waals surface area contributed by atoms with Gasteiger partial charge in [-0.3, -0.25) is 4.79 Å². The Morgan fingerprint density at radius 2 is 1.77 bits per heavy atom. The van der Waals surface area contributed by atoms with Crippen molar-refractivity contribution >= 4 is 17.5 Å². The Morgan fingerprint density at radius 3 is 2.50 bits per heavy atom. The minimum Gasteiger partial charge on any atom is -0.486 e. The van der Waals surface area contributed by atoms with Crippen LogP contribution in [0.25, 0.3) is 0 Å². The highest BCUT2D eigenvalue weighted by atomic mass is 35.5. The number of fused-ring (bicyclic) bond motifs is 2. The summed E-state index contributed by atoms with van der Waals surface area (Å²) in [5, 5.41) is 14.0. The maximum atomic E-state index is 12.2. The summed E-state index contributed by atoms with van der Waals surface area (Å²) in [5.41, 5.74) is -0.498. The second-order valence-corrected chi connectivity index (χ2v) is 5.59. The molecule has 2 aliphatic heterocycles. The summed E-state index contributed by atoms with van der Waals surface area (Å²) in [6.45, 7) is 0.861. The molecule has 0 bridgehead atoms. The summed E-state index contributed by atoms with van der Waals surface area (Å²) in [5.74, 6) is 0.630. The third kappa shape index (κ3) is 1.79. The van der Waals surface area contributed by atoms with Crippen molar-refractivity contribution in [1.82, 2.24) is 5.32 Å². The molecule has 2 aromatic carbocycles. The maximum Gasteiger partial charge on any atom is 0.254 e. The Bertz CT molecular complexity index is 792. The predicted molar refractivity (Wildman–Crippen MR) is 79.3 cm³/mol. The van der Waals surface area contributed by atoms with E-state index in [0.29, 0.717) is 46.4 Å². The van der Waals surface area contributed by atoms with Crippen molar-refractivity contribution in [2.45, 2.75) is 5.72 Å². The molecule has 0 saturated heterocycles. The summed E-state index contributed by atoms with van der Waals surface area (Å²) in [6, 6.07) is 10.1. The van der Waals surface area contributed by atoms with Crippen LogP contribution in [0.15, 0.2) is 36.4 Å². The van der Waals surface area contributed by atoms with Gasteiger partial charge in [0.25, 0.3) is 5.91 Å². The van der Waals surface area contributed by atoms with E-state index in [1.165, 1.54) is 0 Å². The Labute approximate surface area is 131 Å². The minimum atomic E-state index is -1.68. The highest BCUT2D eigenvalue weighted by molar-refractivity contribution is 6.31. The topological polar surface area (TPSA) is 67.8 Å². The number of carbonyl (C=O) groups excluding carboxylic acids is 1. The molecule has 2 heterocycles. The molecule has 0 fully saturated rings. The van der Waals surface area contributed by atoms with E-state index < -0.39 is 5.72 Å². The molecule has 1 atom stereocenters. The molecule has 22 heavy (non-hydrogen) atoms. The van der Waals surface area contributed by atoms with Gasteiger partial charge in [0.1, 0.15) is 13.2 Å². The van der Waals surface area contributed by atoms with E-state index in [2.05, 4.69) is 5.32 Å². The SMILES string of the molecule is O=C1NC(O)(c2ccccc2Cl)c2cc3c(cc21)OCCO3. The standard InChI is InChI=1S/C16H12ClNO4/c17-12-4-2-1-3-10(12)16(20)11-8-14-13(21-5-6-22-14)7-9(11)15(19)18-16/h1-4,7-8,20H,5-6H2,(H,18,19). The quantitative estimate of drug-likeness (QED) is 0.844. The molecule has 0 aliphatic carbocycles. The third-order valence-corrected chi connectivity index (χ3v) is 4.20. The Morgan fingerprint density at radius 1 is 1.09 bits per heavy atom. The molecule has 1 unspecified atom stereocenters. The van der Waals surface area contributed by atoms with Gasteiger partial charge >= 0.3 is 0 Å². The summed E-state index contributed by atoms with van der Waals surface area (Å²) in [7, 11) is 0. The molecule has 2 N–H and O–H groups in total. The molecule has 112 valence electrons. The van der Waals surface area contributed by atoms with Crippen molar-refractivity contribution < 1.29 is 19.4 Å². The van der Waals surface area contributed by atoms with Gasteiger partial charge in [-0.05, 0) is 18.2 Å². The van der Waals surface area contributed by atoms with Crippen LogP contribution in [0.3, 0.4) is 0 Å². The lowest BCUT2D eigenvalue weighted by molar-refractivity contribution is 0.0474. The van der Waals surface area contributed by atoms with Crippen LogP contribution in [-0.4, -0.2) is 24.2 Å². The van der Waals surface area contributed by atoms with Crippen LogP contribution in [-0.2, 0) is 5.72 Å². The normalized spacial score (nSPS) is 22.2. The third-order valence-electron chi connectivity index (χ3n) is 3.87. The van der Waals surface area contributed by atoms with E-state index in [1.807, 2.05) is 0 Å². The molecule has 2 aromatic rings. The number of carbonyl (C=O) groups is 1. The molecular weight excluding hydrogens is 306 g/mol. The zero-order valence-electron chi connectivity index (χ0n) is 11.4. The van der Waals surface area contributed by atoms with Crippen molar-refractivity contribution in [2.75, 3.05) is 13.2 Å². The van der Waals surface area contributed by atoms with Crippen molar-refractivity contribution in [2.24, 2.45) is 0 Å². The minimum absolute atomic E-state index is 0.353. The number of nitrogens with one attached hydrogen (secondary N) is 1. The number of halogens is 1. The zero-order chi connectivity index (χ0) is 15.3. The number of rotatable bonds is 1. The zero-order valence-corrected chi connectivity index (χ0v) is 12.2. The van der Waals surface area contributed by atoms with E-state index in [1.54, 1.807) is 36.4 Å². The smallest absolute Gasteiger partial charge is 0.254 e. The molecule has 0 saturated carbocycles. The Kier molecular flexibility index (Phi) is 2.82. The van der Waals surface area contributed by atoms with Crippen molar-refractivity contribution in [3.63, 3.8) is 0 Å². The maximum absolute atomic E-state index is 12.2. The number of hydrogen-bond donors (Lipinski definition) is 2. The van der Waals surface area contributed by atoms with Crippen molar-refractivity contribution in [1.29, 1.82) is 0 Å². The second-order valence-electron chi connectivity index (χ2n) is 5.19. The number of hydrogen-bond acceptors (Lipinski definition) is 4. The lowest BCUT2D eigenvalue weighted by Crippen LogP contribution is -2.40. The van der Waals surface area contributed by atoms with Crippen LogP contribution in [0.2, 0.25) is 5.02 Å². The van der Waals surface area contributed by atoms with E-state index in [9.17, 15) is 9.90 Å². The summed E-state index contributed by atoms with van der Waals surface area (Å²) in [6.07, 6.45) is 0. The van der Waals surface area contributed by atoms with Crippen LogP contribution >= 0.6 is 11.6 Å². The van der Waals surface area contributed by atoms with Gasteiger partial charge in [-0.25, -0.2) is 0 Å². The van der Waals surface area contributed by atoms with Gasteiger partial charge < -0.3 is 19.9 Å². The first-order chi connectivity index (χ1) is 10.6. The Hall–Kier alpha value is -2.24. The van der Waals surface area contributed by atoms with Gasteiger partial charge in [-0.2, -0.15) is 0 Å². The number of ether oxygens (including phenoxy) is 2. The summed E-state index contributed by atoms with van der Waals surface area (Å²) in [4.78, 5) is 12.2. The molecule has 5 nitrogen and oxygen atoms in total. The lowest BCUT2D eigenvalue weighted by atomic mass is 9.94. The van der Waals surface area contributed by atoms with E-state index >= 15 is 0 Å². The van der Waals surface area contributed by atoms with Gasteiger partial charge in [0.05, 0.1) is 5.56 Å². The van der Waals surface area contributed by atoms with Crippen molar-refractivity contribution in [3.8, 4) is 11.5 Å². The molecular formula is C16H12ClNO4. The molecule has 0 aromatic heterocycles. The fourth-order valence-corrected chi connectivity index (χ4v) is 3.11. The first kappa shape index (κ1) is 13.4. The molecule has 6 heteroatoms. The van der Waals surface area contributed by atoms with E-state index in [-0.39, 0.29) is 5.91 Å². The van der Waals surface area contributed by atoms with Crippen LogP contribution in [0, 0.1) is 0 Å². The monoisotopic (exact) mass is 317 g/mol. The highest BCUT2D eigenvalue weighted by Crippen LogP contribution is 2.43. The first-order valence-corrected chi connectivity index (χ1v) is 7.21. The van der Waals surface area contributed by atoms with Crippen LogP contribution in [0.5, 0.6) is 11.5 Å². The fraction of sp³-hybridized carbons (Fsp3) is 0.188. The molecule has 1 amide bonds. The second kappa shape index (κ2) is 4.63. The van der Waals surface area contributed by atoms with Gasteiger partial charge in [0.2, 0.25) is 0 Å². The van der Waals surface area contributed by atoms with Crippen molar-refractivity contribution in [3.05, 3.63) is 58.1 Å². The fourth-order valence-electron chi connectivity index (χ4n) is 2.84. The van der Waals surface area contributed by atoms with Gasteiger partial charge in [0.15, 0.2) is 17.2 Å². The molecule has 0 spiro atoms. The Balaban J connectivity index is 1.93. The van der Waals surface area contributed by atoms with Crippen LogP contribution < -0.4 is 14.8 Å².